The van der Waals surface area contributed by atoms with Gasteiger partial charge in [0.05, 0.1) is 17.1 Å². The average molecular weight is 318 g/mol. The molecule has 2 atom stereocenters. The Hall–Kier alpha value is -2.51. The van der Waals surface area contributed by atoms with E-state index in [4.69, 9.17) is 20.8 Å². The fourth-order valence-corrected chi connectivity index (χ4v) is 2.54. The molecule has 1 fully saturated rings. The molecule has 110 valence electrons. The molecule has 7 nitrogen and oxygen atoms in total. The molecule has 1 aliphatic rings. The van der Waals surface area contributed by atoms with Crippen LogP contribution in [-0.4, -0.2) is 14.9 Å². The van der Waals surface area contributed by atoms with Crippen LogP contribution in [0.25, 0.3) is 11.0 Å². The second kappa shape index (κ2) is 4.75. The molecule has 0 aliphatic carbocycles. The monoisotopic (exact) mass is 317 g/mol. The molecule has 1 aliphatic heterocycles. The first kappa shape index (κ1) is 13.2. The number of epoxide rings is 1. The minimum atomic E-state index is -0.594. The fraction of sp³-hybridized carbons (Fsp3) is 0.143. The van der Waals surface area contributed by atoms with Gasteiger partial charge in [0.15, 0.2) is 5.15 Å². The number of aromatic nitrogens is 2. The van der Waals surface area contributed by atoms with Crippen molar-refractivity contribution in [2.75, 3.05) is 0 Å². The summed E-state index contributed by atoms with van der Waals surface area (Å²) in [6.07, 6.45) is -0.836. The molecule has 8 heteroatoms. The van der Waals surface area contributed by atoms with E-state index in [0.29, 0.717) is 22.5 Å². The SMILES string of the molecule is O=[N+]([O-])c1ccc(C2OC2c2nc3ccccc3nc2Cl)o1. The van der Waals surface area contributed by atoms with Crippen LogP contribution >= 0.6 is 11.6 Å². The zero-order valence-electron chi connectivity index (χ0n) is 11.0. The first-order valence-electron chi connectivity index (χ1n) is 6.45. The Morgan fingerprint density at radius 1 is 1.09 bits per heavy atom. The molecule has 0 spiro atoms. The molecule has 0 radical (unpaired) electrons. The van der Waals surface area contributed by atoms with E-state index < -0.39 is 17.1 Å². The number of nitrogens with zero attached hydrogens (tertiary/aromatic N) is 3. The summed E-state index contributed by atoms with van der Waals surface area (Å²) in [4.78, 5) is 18.8. The zero-order valence-corrected chi connectivity index (χ0v) is 11.7. The van der Waals surface area contributed by atoms with Crippen LogP contribution in [0.5, 0.6) is 0 Å². The lowest BCUT2D eigenvalue weighted by Gasteiger charge is -2.02. The highest BCUT2D eigenvalue weighted by Gasteiger charge is 2.47. The van der Waals surface area contributed by atoms with Crippen molar-refractivity contribution in [2.24, 2.45) is 0 Å². The number of benzene rings is 1. The van der Waals surface area contributed by atoms with Gasteiger partial charge in [-0.05, 0) is 18.2 Å². The quantitative estimate of drug-likeness (QED) is 0.416. The van der Waals surface area contributed by atoms with Crippen LogP contribution < -0.4 is 0 Å². The molecule has 2 aromatic heterocycles. The van der Waals surface area contributed by atoms with Gasteiger partial charge < -0.3 is 9.15 Å². The van der Waals surface area contributed by atoms with Crippen LogP contribution in [0.1, 0.15) is 23.7 Å². The smallest absolute Gasteiger partial charge is 0.403 e. The second-order valence-corrected chi connectivity index (χ2v) is 5.16. The van der Waals surface area contributed by atoms with E-state index in [1.807, 2.05) is 24.3 Å². The first-order chi connectivity index (χ1) is 10.6. The summed E-state index contributed by atoms with van der Waals surface area (Å²) in [5.41, 5.74) is 1.91. The van der Waals surface area contributed by atoms with Crippen LogP contribution in [0, 0.1) is 10.1 Å². The van der Waals surface area contributed by atoms with E-state index in [1.54, 1.807) is 0 Å². The van der Waals surface area contributed by atoms with Crippen molar-refractivity contribution < 1.29 is 14.1 Å². The van der Waals surface area contributed by atoms with Gasteiger partial charge in [0.1, 0.15) is 28.6 Å². The predicted octanol–water partition coefficient (Wildman–Crippen LogP) is 3.60. The summed E-state index contributed by atoms with van der Waals surface area (Å²) in [5, 5.41) is 10.9. The highest BCUT2D eigenvalue weighted by molar-refractivity contribution is 6.30. The molecule has 1 saturated heterocycles. The van der Waals surface area contributed by atoms with Gasteiger partial charge in [-0.1, -0.05) is 23.7 Å². The van der Waals surface area contributed by atoms with Crippen molar-refractivity contribution in [3.05, 3.63) is 63.1 Å². The van der Waals surface area contributed by atoms with E-state index in [2.05, 4.69) is 9.97 Å². The largest absolute Gasteiger partial charge is 0.433 e. The number of fused-ring (bicyclic) bond motifs is 1. The van der Waals surface area contributed by atoms with Gasteiger partial charge in [0, 0.05) is 0 Å². The summed E-state index contributed by atoms with van der Waals surface area (Å²) in [6, 6.07) is 10.2. The molecule has 0 amide bonds. The van der Waals surface area contributed by atoms with E-state index in [9.17, 15) is 10.1 Å². The third-order valence-corrected chi connectivity index (χ3v) is 3.66. The van der Waals surface area contributed by atoms with Crippen LogP contribution in [-0.2, 0) is 4.74 Å². The Balaban J connectivity index is 1.66. The number of para-hydroxylation sites is 2. The third kappa shape index (κ3) is 2.11. The van der Waals surface area contributed by atoms with Gasteiger partial charge >= 0.3 is 5.88 Å². The van der Waals surface area contributed by atoms with E-state index >= 15 is 0 Å². The van der Waals surface area contributed by atoms with Crippen LogP contribution in [0.15, 0.2) is 40.8 Å². The molecule has 22 heavy (non-hydrogen) atoms. The number of rotatable bonds is 3. The Bertz CT molecular complexity index is 895. The molecule has 0 saturated carbocycles. The topological polar surface area (TPSA) is 94.6 Å². The van der Waals surface area contributed by atoms with Crippen molar-refractivity contribution in [3.63, 3.8) is 0 Å². The maximum atomic E-state index is 10.6. The van der Waals surface area contributed by atoms with Gasteiger partial charge in [-0.25, -0.2) is 9.97 Å². The van der Waals surface area contributed by atoms with Crippen molar-refractivity contribution in [1.82, 2.24) is 9.97 Å². The van der Waals surface area contributed by atoms with Crippen molar-refractivity contribution in [2.45, 2.75) is 12.2 Å². The standard InChI is InChI=1S/C14H8ClN3O4/c15-14-11(16-7-3-1-2-4-8(7)17-14)13-12(22-13)9-5-6-10(21-9)18(19)20/h1-6,12-13H. The van der Waals surface area contributed by atoms with E-state index in [1.165, 1.54) is 12.1 Å². The number of hydrogen-bond donors (Lipinski definition) is 0. The summed E-state index contributed by atoms with van der Waals surface area (Å²) in [5.74, 6) is 0.0580. The van der Waals surface area contributed by atoms with Crippen molar-refractivity contribution in [1.29, 1.82) is 0 Å². The van der Waals surface area contributed by atoms with Crippen LogP contribution in [0.4, 0.5) is 5.88 Å². The maximum absolute atomic E-state index is 10.6. The molecule has 3 aromatic rings. The Morgan fingerprint density at radius 3 is 2.50 bits per heavy atom. The van der Waals surface area contributed by atoms with Gasteiger partial charge in [0.25, 0.3) is 0 Å². The first-order valence-corrected chi connectivity index (χ1v) is 6.83. The average Bonchev–Trinajstić information content (AvgIpc) is 3.13. The number of hydrogen-bond acceptors (Lipinski definition) is 6. The summed E-state index contributed by atoms with van der Waals surface area (Å²) in [6.45, 7) is 0. The van der Waals surface area contributed by atoms with Crippen molar-refractivity contribution in [3.8, 4) is 0 Å². The minimum Gasteiger partial charge on any atom is -0.403 e. The molecular formula is C14H8ClN3O4. The lowest BCUT2D eigenvalue weighted by molar-refractivity contribution is -0.402. The molecule has 1 aromatic carbocycles. The Labute approximate surface area is 128 Å². The van der Waals surface area contributed by atoms with Gasteiger partial charge in [-0.2, -0.15) is 0 Å². The summed E-state index contributed by atoms with van der Waals surface area (Å²) < 4.78 is 10.6. The lowest BCUT2D eigenvalue weighted by atomic mass is 10.2. The highest BCUT2D eigenvalue weighted by Crippen LogP contribution is 2.52. The van der Waals surface area contributed by atoms with Crippen LogP contribution in [0.3, 0.4) is 0 Å². The Morgan fingerprint density at radius 2 is 1.82 bits per heavy atom. The fourth-order valence-electron chi connectivity index (χ4n) is 2.30. The van der Waals surface area contributed by atoms with Gasteiger partial charge in [-0.15, -0.1) is 0 Å². The lowest BCUT2D eigenvalue weighted by Crippen LogP contribution is -1.94. The van der Waals surface area contributed by atoms with Gasteiger partial charge in [-0.3, -0.25) is 10.1 Å². The second-order valence-electron chi connectivity index (χ2n) is 4.80. The third-order valence-electron chi connectivity index (χ3n) is 3.39. The van der Waals surface area contributed by atoms with Crippen molar-refractivity contribution >= 4 is 28.5 Å². The number of nitro groups is 1. The molecular weight excluding hydrogens is 310 g/mol. The highest BCUT2D eigenvalue weighted by atomic mass is 35.5. The molecule has 0 bridgehead atoms. The summed E-state index contributed by atoms with van der Waals surface area (Å²) in [7, 11) is 0. The Kier molecular flexibility index (Phi) is 2.85. The molecule has 2 unspecified atom stereocenters. The number of furan rings is 1. The number of ether oxygens (including phenoxy) is 1. The molecule has 3 heterocycles. The van der Waals surface area contributed by atoms with Crippen LogP contribution in [0.2, 0.25) is 5.15 Å². The zero-order chi connectivity index (χ0) is 15.3. The number of halogens is 1. The van der Waals surface area contributed by atoms with E-state index in [-0.39, 0.29) is 11.0 Å². The molecule has 0 N–H and O–H groups in total. The minimum absolute atomic E-state index is 0.257. The summed E-state index contributed by atoms with van der Waals surface area (Å²) >= 11 is 6.15. The van der Waals surface area contributed by atoms with E-state index in [0.717, 1.165) is 0 Å². The molecule has 4 rings (SSSR count). The normalized spacial score (nSPS) is 20.2. The predicted molar refractivity (Wildman–Crippen MR) is 76.5 cm³/mol. The maximum Gasteiger partial charge on any atom is 0.433 e. The van der Waals surface area contributed by atoms with Gasteiger partial charge in [0.2, 0.25) is 0 Å².